The summed E-state index contributed by atoms with van der Waals surface area (Å²) in [6, 6.07) is 3.20. The first-order valence-electron chi connectivity index (χ1n) is 7.93. The van der Waals surface area contributed by atoms with Gasteiger partial charge in [-0.25, -0.2) is 9.18 Å². The fourth-order valence-electron chi connectivity index (χ4n) is 2.78. The Bertz CT molecular complexity index is 908. The molecule has 0 N–H and O–H groups in total. The number of hydrogen-bond acceptors (Lipinski definition) is 4. The normalized spacial score (nSPS) is 17.7. The quantitative estimate of drug-likeness (QED) is 0.636. The molecule has 0 aliphatic carbocycles. The van der Waals surface area contributed by atoms with E-state index >= 15 is 4.39 Å². The zero-order valence-electron chi connectivity index (χ0n) is 14.5. The summed E-state index contributed by atoms with van der Waals surface area (Å²) in [6.45, 7) is 6.78. The van der Waals surface area contributed by atoms with E-state index in [-0.39, 0.29) is 17.2 Å². The first kappa shape index (κ1) is 18.1. The number of esters is 1. The minimum atomic E-state index is -0.493. The molecule has 3 nitrogen and oxygen atoms in total. The minimum Gasteiger partial charge on any atom is -0.465 e. The predicted octanol–water partition coefficient (Wildman–Crippen LogP) is 5.61. The van der Waals surface area contributed by atoms with Gasteiger partial charge in [0.25, 0.3) is 0 Å². The van der Waals surface area contributed by atoms with E-state index in [0.717, 1.165) is 16.9 Å². The number of dihydropyridines is 1. The Morgan fingerprint density at radius 1 is 1.40 bits per heavy atom. The smallest absolute Gasteiger partial charge is 0.348 e. The van der Waals surface area contributed by atoms with Crippen LogP contribution in [0.4, 0.5) is 4.39 Å². The van der Waals surface area contributed by atoms with Gasteiger partial charge in [-0.05, 0) is 23.1 Å². The lowest BCUT2D eigenvalue weighted by Crippen LogP contribution is -2.22. The Kier molecular flexibility index (Phi) is 4.73. The number of aliphatic imine (C=N–C) groups is 1. The van der Waals surface area contributed by atoms with E-state index in [0.29, 0.717) is 32.1 Å². The maximum absolute atomic E-state index is 15.1. The maximum atomic E-state index is 15.1. The average molecular weight is 380 g/mol. The van der Waals surface area contributed by atoms with Crippen molar-refractivity contribution in [1.29, 1.82) is 0 Å². The van der Waals surface area contributed by atoms with Gasteiger partial charge in [0.15, 0.2) is 0 Å². The van der Waals surface area contributed by atoms with E-state index in [2.05, 4.69) is 31.8 Å². The monoisotopic (exact) mass is 379 g/mol. The molecule has 0 radical (unpaired) electrons. The third-order valence-corrected chi connectivity index (χ3v) is 5.76. The number of halogens is 2. The van der Waals surface area contributed by atoms with Gasteiger partial charge in [-0.2, -0.15) is 0 Å². The zero-order chi connectivity index (χ0) is 18.4. The van der Waals surface area contributed by atoms with Crippen molar-refractivity contribution in [2.45, 2.75) is 20.8 Å². The number of carbonyl (C=O) groups is 1. The minimum absolute atomic E-state index is 0.000523. The fraction of sp³-hybridized carbons (Fsp3) is 0.368. The zero-order valence-corrected chi connectivity index (χ0v) is 16.1. The number of allylic oxidation sites excluding steroid dienone is 1. The third-order valence-electron chi connectivity index (χ3n) is 4.34. The highest BCUT2D eigenvalue weighted by molar-refractivity contribution is 7.20. The molecule has 2 heterocycles. The van der Waals surface area contributed by atoms with Crippen LogP contribution in [0, 0.1) is 17.2 Å². The van der Waals surface area contributed by atoms with Crippen LogP contribution in [-0.4, -0.2) is 25.8 Å². The molecule has 25 heavy (non-hydrogen) atoms. The molecule has 1 aliphatic rings. The number of rotatable bonds is 2. The van der Waals surface area contributed by atoms with Gasteiger partial charge in [0, 0.05) is 23.1 Å². The molecule has 0 amide bonds. The molecule has 0 saturated carbocycles. The first-order valence-corrected chi connectivity index (χ1v) is 9.12. The number of hydrogen-bond donors (Lipinski definition) is 0. The van der Waals surface area contributed by atoms with Crippen LogP contribution < -0.4 is 0 Å². The molecule has 0 bridgehead atoms. The molecule has 1 atom stereocenters. The third kappa shape index (κ3) is 3.35. The van der Waals surface area contributed by atoms with Crippen LogP contribution in [0.15, 0.2) is 23.2 Å². The van der Waals surface area contributed by atoms with Gasteiger partial charge in [0.1, 0.15) is 10.7 Å². The van der Waals surface area contributed by atoms with Crippen LogP contribution in [0.1, 0.15) is 36.0 Å². The SMILES string of the molecule is COC(=O)c1cc2c(Cl)cc(C3=CC(C(C)(C)C)C=NC3)c(F)c2s1. The Balaban J connectivity index is 2.13. The van der Waals surface area contributed by atoms with Crippen molar-refractivity contribution >= 4 is 50.8 Å². The van der Waals surface area contributed by atoms with Crippen LogP contribution >= 0.6 is 22.9 Å². The Morgan fingerprint density at radius 2 is 2.12 bits per heavy atom. The largest absolute Gasteiger partial charge is 0.465 e. The van der Waals surface area contributed by atoms with Crippen LogP contribution in [-0.2, 0) is 4.74 Å². The van der Waals surface area contributed by atoms with Gasteiger partial charge in [-0.1, -0.05) is 38.4 Å². The maximum Gasteiger partial charge on any atom is 0.348 e. The molecule has 132 valence electrons. The van der Waals surface area contributed by atoms with Crippen molar-refractivity contribution in [3.05, 3.63) is 39.5 Å². The van der Waals surface area contributed by atoms with Crippen molar-refractivity contribution in [2.75, 3.05) is 13.7 Å². The number of methoxy groups -OCH3 is 1. The molecule has 3 rings (SSSR count). The summed E-state index contributed by atoms with van der Waals surface area (Å²) in [5, 5.41) is 0.946. The second-order valence-corrected chi connectivity index (χ2v) is 8.60. The molecule has 1 aromatic heterocycles. The van der Waals surface area contributed by atoms with Crippen LogP contribution in [0.2, 0.25) is 5.02 Å². The number of carbonyl (C=O) groups excluding carboxylic acids is 1. The topological polar surface area (TPSA) is 38.7 Å². The molecule has 2 aromatic rings. The van der Waals surface area contributed by atoms with Gasteiger partial charge >= 0.3 is 5.97 Å². The van der Waals surface area contributed by atoms with E-state index in [1.165, 1.54) is 7.11 Å². The number of nitrogens with zero attached hydrogens (tertiary/aromatic N) is 1. The summed E-state index contributed by atoms with van der Waals surface area (Å²) >= 11 is 7.42. The average Bonchev–Trinajstić information content (AvgIpc) is 3.03. The van der Waals surface area contributed by atoms with E-state index in [1.807, 2.05) is 6.21 Å². The molecule has 0 saturated heterocycles. The van der Waals surface area contributed by atoms with Gasteiger partial charge in [-0.15, -0.1) is 11.3 Å². The summed E-state index contributed by atoms with van der Waals surface area (Å²) in [6.07, 6.45) is 3.98. The molecule has 6 heteroatoms. The molecular weight excluding hydrogens is 361 g/mol. The Labute approximate surface area is 155 Å². The summed E-state index contributed by atoms with van der Waals surface area (Å²) in [4.78, 5) is 16.5. The van der Waals surface area contributed by atoms with E-state index in [4.69, 9.17) is 16.3 Å². The number of benzene rings is 1. The van der Waals surface area contributed by atoms with E-state index in [9.17, 15) is 4.79 Å². The van der Waals surface area contributed by atoms with Gasteiger partial charge < -0.3 is 4.74 Å². The van der Waals surface area contributed by atoms with Crippen molar-refractivity contribution in [3.63, 3.8) is 0 Å². The Morgan fingerprint density at radius 3 is 2.76 bits per heavy atom. The summed E-state index contributed by atoms with van der Waals surface area (Å²) in [7, 11) is 1.30. The lowest BCUT2D eigenvalue weighted by molar-refractivity contribution is 0.0606. The highest BCUT2D eigenvalue weighted by Gasteiger charge is 2.26. The summed E-state index contributed by atoms with van der Waals surface area (Å²) in [5.74, 6) is -0.734. The fourth-order valence-corrected chi connectivity index (χ4v) is 4.14. The van der Waals surface area contributed by atoms with Crippen LogP contribution in [0.3, 0.4) is 0 Å². The van der Waals surface area contributed by atoms with Gasteiger partial charge in [-0.3, -0.25) is 4.99 Å². The molecular formula is C19H19ClFNO2S. The van der Waals surface area contributed by atoms with Crippen molar-refractivity contribution in [1.82, 2.24) is 0 Å². The van der Waals surface area contributed by atoms with Crippen LogP contribution in [0.25, 0.3) is 15.7 Å². The molecule has 1 unspecified atom stereocenters. The Hall–Kier alpha value is -1.72. The van der Waals surface area contributed by atoms with Crippen molar-refractivity contribution in [2.24, 2.45) is 16.3 Å². The number of ether oxygens (including phenoxy) is 1. The molecule has 1 aliphatic heterocycles. The second kappa shape index (κ2) is 6.54. The molecule has 0 spiro atoms. The first-order chi connectivity index (χ1) is 11.7. The van der Waals surface area contributed by atoms with Crippen molar-refractivity contribution < 1.29 is 13.9 Å². The van der Waals surface area contributed by atoms with E-state index < -0.39 is 5.97 Å². The number of thiophene rings is 1. The highest BCUT2D eigenvalue weighted by Crippen LogP contribution is 2.39. The van der Waals surface area contributed by atoms with E-state index in [1.54, 1.807) is 12.1 Å². The van der Waals surface area contributed by atoms with Gasteiger partial charge in [0.05, 0.1) is 23.4 Å². The summed E-state index contributed by atoms with van der Waals surface area (Å²) < 4.78 is 20.2. The lowest BCUT2D eigenvalue weighted by atomic mass is 9.79. The molecule has 1 aromatic carbocycles. The van der Waals surface area contributed by atoms with Crippen LogP contribution in [0.5, 0.6) is 0 Å². The van der Waals surface area contributed by atoms with Crippen molar-refractivity contribution in [3.8, 4) is 0 Å². The number of fused-ring (bicyclic) bond motifs is 1. The standard InChI is InChI=1S/C19H19ClFNO2S/c1-19(2,3)11-5-10(8-22-9-11)12-6-14(20)13-7-15(18(23)24-4)25-17(13)16(12)21/h5-7,9,11H,8H2,1-4H3. The lowest BCUT2D eigenvalue weighted by Gasteiger charge is -2.28. The van der Waals surface area contributed by atoms with Gasteiger partial charge in [0.2, 0.25) is 0 Å². The molecule has 0 fully saturated rings. The summed E-state index contributed by atoms with van der Waals surface area (Å²) in [5.41, 5.74) is 1.26. The highest BCUT2D eigenvalue weighted by atomic mass is 35.5. The predicted molar refractivity (Wildman–Crippen MR) is 102 cm³/mol. The second-order valence-electron chi connectivity index (χ2n) is 7.14.